The monoisotopic (exact) mass is 293 g/mol. The third-order valence-corrected chi connectivity index (χ3v) is 3.78. The Morgan fingerprint density at radius 3 is 2.95 bits per heavy atom. The number of nitrogens with zero attached hydrogens (tertiary/aromatic N) is 3. The van der Waals surface area contributed by atoms with E-state index in [1.54, 1.807) is 17.4 Å². The van der Waals surface area contributed by atoms with E-state index < -0.39 is 5.97 Å². The summed E-state index contributed by atoms with van der Waals surface area (Å²) < 4.78 is 1.94. The molecule has 5 nitrogen and oxygen atoms in total. The van der Waals surface area contributed by atoms with Crippen molar-refractivity contribution in [3.63, 3.8) is 0 Å². The van der Waals surface area contributed by atoms with Gasteiger partial charge in [-0.25, -0.2) is 9.78 Å². The summed E-state index contributed by atoms with van der Waals surface area (Å²) in [7, 11) is 0. The number of imidazole rings is 1. The van der Waals surface area contributed by atoms with E-state index in [-0.39, 0.29) is 0 Å². The van der Waals surface area contributed by atoms with Crippen LogP contribution in [0.1, 0.15) is 32.9 Å². The minimum absolute atomic E-state index is 0.316. The lowest BCUT2D eigenvalue weighted by Gasteiger charge is -2.27. The Hall–Kier alpha value is -1.82. The molecule has 0 saturated carbocycles. The van der Waals surface area contributed by atoms with Gasteiger partial charge in [0.15, 0.2) is 10.8 Å². The van der Waals surface area contributed by atoms with Gasteiger partial charge in [0.1, 0.15) is 0 Å². The maximum Gasteiger partial charge on any atom is 0.328 e. The SMILES string of the molecule is CCCN(c1nc2sccn2c1/C=C/C(=O)O)C(C)C. The summed E-state index contributed by atoms with van der Waals surface area (Å²) in [5.74, 6) is -0.0982. The van der Waals surface area contributed by atoms with E-state index in [9.17, 15) is 4.79 Å². The highest BCUT2D eigenvalue weighted by atomic mass is 32.1. The minimum Gasteiger partial charge on any atom is -0.478 e. The number of rotatable bonds is 6. The predicted molar refractivity (Wildman–Crippen MR) is 82.5 cm³/mol. The molecule has 0 atom stereocenters. The van der Waals surface area contributed by atoms with Crippen LogP contribution in [0.2, 0.25) is 0 Å². The molecule has 0 fully saturated rings. The quantitative estimate of drug-likeness (QED) is 0.831. The molecular weight excluding hydrogens is 274 g/mol. The Balaban J connectivity index is 2.52. The molecule has 0 aliphatic rings. The van der Waals surface area contributed by atoms with Gasteiger partial charge >= 0.3 is 5.97 Å². The van der Waals surface area contributed by atoms with Crippen molar-refractivity contribution in [3.05, 3.63) is 23.3 Å². The van der Waals surface area contributed by atoms with Crippen LogP contribution in [0.4, 0.5) is 5.82 Å². The lowest BCUT2D eigenvalue weighted by Crippen LogP contribution is -2.32. The minimum atomic E-state index is -0.951. The fourth-order valence-corrected chi connectivity index (χ4v) is 2.87. The Kier molecular flexibility index (Phi) is 4.44. The maximum atomic E-state index is 10.8. The fraction of sp³-hybridized carbons (Fsp3) is 0.429. The van der Waals surface area contributed by atoms with Crippen LogP contribution in [0.3, 0.4) is 0 Å². The number of aromatic nitrogens is 2. The number of anilines is 1. The summed E-state index contributed by atoms with van der Waals surface area (Å²) in [4.78, 5) is 18.5. The molecule has 2 heterocycles. The van der Waals surface area contributed by atoms with Gasteiger partial charge in [0.2, 0.25) is 0 Å². The number of hydrogen-bond donors (Lipinski definition) is 1. The van der Waals surface area contributed by atoms with Gasteiger partial charge in [-0.1, -0.05) is 6.92 Å². The zero-order chi connectivity index (χ0) is 14.7. The standard InChI is InChI=1S/C14H19N3O2S/c1-4-7-16(10(2)3)13-11(5-6-12(18)19)17-8-9-20-14(17)15-13/h5-6,8-10H,4,7H2,1-3H3,(H,18,19)/b6-5+. The Morgan fingerprint density at radius 2 is 2.35 bits per heavy atom. The molecule has 108 valence electrons. The molecule has 0 saturated heterocycles. The van der Waals surface area contributed by atoms with E-state index in [1.165, 1.54) is 0 Å². The average Bonchev–Trinajstić information content (AvgIpc) is 2.93. The molecule has 0 aromatic carbocycles. The summed E-state index contributed by atoms with van der Waals surface area (Å²) in [6, 6.07) is 0.316. The van der Waals surface area contributed by atoms with Crippen molar-refractivity contribution in [2.45, 2.75) is 33.2 Å². The Bertz CT molecular complexity index is 627. The lowest BCUT2D eigenvalue weighted by molar-refractivity contribution is -0.131. The number of hydrogen-bond acceptors (Lipinski definition) is 4. The van der Waals surface area contributed by atoms with Crippen LogP contribution < -0.4 is 4.90 Å². The van der Waals surface area contributed by atoms with Gasteiger partial charge < -0.3 is 10.0 Å². The molecule has 0 amide bonds. The third-order valence-electron chi connectivity index (χ3n) is 3.02. The predicted octanol–water partition coefficient (Wildman–Crippen LogP) is 3.12. The highest BCUT2D eigenvalue weighted by Crippen LogP contribution is 2.27. The highest BCUT2D eigenvalue weighted by Gasteiger charge is 2.19. The van der Waals surface area contributed by atoms with Crippen molar-refractivity contribution in [2.75, 3.05) is 11.4 Å². The summed E-state index contributed by atoms with van der Waals surface area (Å²) in [5, 5.41) is 10.8. The molecule has 2 aromatic heterocycles. The molecule has 0 spiro atoms. The van der Waals surface area contributed by atoms with E-state index in [1.807, 2.05) is 16.0 Å². The van der Waals surface area contributed by atoms with Crippen molar-refractivity contribution in [2.24, 2.45) is 0 Å². The van der Waals surface area contributed by atoms with Crippen LogP contribution in [0.25, 0.3) is 11.0 Å². The first-order valence-electron chi connectivity index (χ1n) is 6.67. The van der Waals surface area contributed by atoms with E-state index in [0.717, 1.165) is 35.5 Å². The smallest absolute Gasteiger partial charge is 0.328 e. The van der Waals surface area contributed by atoms with Crippen molar-refractivity contribution in [3.8, 4) is 0 Å². The van der Waals surface area contributed by atoms with Crippen molar-refractivity contribution < 1.29 is 9.90 Å². The molecule has 6 heteroatoms. The van der Waals surface area contributed by atoms with Crippen molar-refractivity contribution in [1.29, 1.82) is 0 Å². The first kappa shape index (κ1) is 14.6. The van der Waals surface area contributed by atoms with E-state index in [0.29, 0.717) is 6.04 Å². The van der Waals surface area contributed by atoms with Gasteiger partial charge in [-0.05, 0) is 26.3 Å². The molecule has 2 aromatic rings. The van der Waals surface area contributed by atoms with Crippen LogP contribution in [0, 0.1) is 0 Å². The van der Waals surface area contributed by atoms with Gasteiger partial charge in [-0.2, -0.15) is 0 Å². The zero-order valence-corrected chi connectivity index (χ0v) is 12.7. The molecule has 0 aliphatic carbocycles. The Labute approximate surface area is 122 Å². The van der Waals surface area contributed by atoms with Gasteiger partial charge in [0, 0.05) is 30.2 Å². The molecule has 1 N–H and O–H groups in total. The summed E-state index contributed by atoms with van der Waals surface area (Å²) in [5.41, 5.74) is 0.825. The zero-order valence-electron chi connectivity index (χ0n) is 11.9. The third kappa shape index (κ3) is 2.85. The number of carboxylic acids is 1. The second-order valence-electron chi connectivity index (χ2n) is 4.83. The number of fused-ring (bicyclic) bond motifs is 1. The van der Waals surface area contributed by atoms with Gasteiger partial charge in [0.25, 0.3) is 0 Å². The average molecular weight is 293 g/mol. The molecule has 2 rings (SSSR count). The number of carbonyl (C=O) groups is 1. The first-order chi connectivity index (χ1) is 9.54. The van der Waals surface area contributed by atoms with Crippen LogP contribution in [0.5, 0.6) is 0 Å². The topological polar surface area (TPSA) is 57.8 Å². The van der Waals surface area contributed by atoms with E-state index >= 15 is 0 Å². The van der Waals surface area contributed by atoms with E-state index in [4.69, 9.17) is 5.11 Å². The Morgan fingerprint density at radius 1 is 1.60 bits per heavy atom. The second-order valence-corrected chi connectivity index (χ2v) is 5.71. The van der Waals surface area contributed by atoms with Gasteiger partial charge in [0.05, 0.1) is 5.69 Å². The summed E-state index contributed by atoms with van der Waals surface area (Å²) in [6.07, 6.45) is 5.72. The number of thiazole rings is 1. The molecule has 0 radical (unpaired) electrons. The van der Waals surface area contributed by atoms with Gasteiger partial charge in [-0.3, -0.25) is 4.40 Å². The largest absolute Gasteiger partial charge is 0.478 e. The van der Waals surface area contributed by atoms with Crippen molar-refractivity contribution in [1.82, 2.24) is 9.38 Å². The first-order valence-corrected chi connectivity index (χ1v) is 7.55. The maximum absolute atomic E-state index is 10.8. The van der Waals surface area contributed by atoms with Crippen molar-refractivity contribution >= 4 is 34.2 Å². The van der Waals surface area contributed by atoms with E-state index in [2.05, 4.69) is 30.7 Å². The number of carboxylic acid groups (broad SMARTS) is 1. The molecule has 20 heavy (non-hydrogen) atoms. The number of aliphatic carboxylic acids is 1. The van der Waals surface area contributed by atoms with Crippen LogP contribution in [-0.2, 0) is 4.79 Å². The highest BCUT2D eigenvalue weighted by molar-refractivity contribution is 7.15. The normalized spacial score (nSPS) is 11.8. The summed E-state index contributed by atoms with van der Waals surface area (Å²) in [6.45, 7) is 7.26. The molecule has 0 bridgehead atoms. The van der Waals surface area contributed by atoms with Crippen LogP contribution in [-0.4, -0.2) is 33.0 Å². The lowest BCUT2D eigenvalue weighted by atomic mass is 10.2. The summed E-state index contributed by atoms with van der Waals surface area (Å²) >= 11 is 1.55. The fourth-order valence-electron chi connectivity index (χ4n) is 2.16. The van der Waals surface area contributed by atoms with Crippen LogP contribution in [0.15, 0.2) is 17.7 Å². The second kappa shape index (κ2) is 6.09. The van der Waals surface area contributed by atoms with Crippen LogP contribution >= 0.6 is 11.3 Å². The van der Waals surface area contributed by atoms with Gasteiger partial charge in [-0.15, -0.1) is 11.3 Å². The molecular formula is C14H19N3O2S. The molecule has 0 aliphatic heterocycles. The molecule has 0 unspecified atom stereocenters.